The van der Waals surface area contributed by atoms with E-state index in [0.717, 1.165) is 11.3 Å². The van der Waals surface area contributed by atoms with Crippen LogP contribution in [0.5, 0.6) is 0 Å². The van der Waals surface area contributed by atoms with Gasteiger partial charge in [-0.1, -0.05) is 12.7 Å². The van der Waals surface area contributed by atoms with Crippen molar-refractivity contribution in [1.82, 2.24) is 4.98 Å². The van der Waals surface area contributed by atoms with Crippen molar-refractivity contribution in [3.63, 3.8) is 0 Å². The lowest BCUT2D eigenvalue weighted by atomic mass is 10.3. The average Bonchev–Trinajstić information content (AvgIpc) is 2.05. The van der Waals surface area contributed by atoms with Crippen molar-refractivity contribution in [2.24, 2.45) is 5.84 Å². The second kappa shape index (κ2) is 2.98. The van der Waals surface area contributed by atoms with Crippen LogP contribution in [-0.2, 0) is 0 Å². The molecule has 1 rings (SSSR count). The Morgan fingerprint density at radius 1 is 1.60 bits per heavy atom. The molecule has 10 heavy (non-hydrogen) atoms. The van der Waals surface area contributed by atoms with Crippen molar-refractivity contribution >= 4 is 11.8 Å². The predicted octanol–water partition coefficient (Wildman–Crippen LogP) is 1.01. The number of hydrogen-bond donors (Lipinski definition) is 2. The van der Waals surface area contributed by atoms with Gasteiger partial charge in [0.25, 0.3) is 0 Å². The zero-order valence-corrected chi connectivity index (χ0v) is 5.54. The summed E-state index contributed by atoms with van der Waals surface area (Å²) in [4.78, 5) is 3.91. The van der Waals surface area contributed by atoms with E-state index >= 15 is 0 Å². The Kier molecular flexibility index (Phi) is 2.02. The molecular formula is C7H9N3. The number of nitrogens with two attached hydrogens (primary N) is 1. The smallest absolute Gasteiger partial charge is 0.0674 e. The Morgan fingerprint density at radius 3 is 3.00 bits per heavy atom. The highest BCUT2D eigenvalue weighted by atomic mass is 15.2. The maximum Gasteiger partial charge on any atom is 0.0674 e. The fourth-order valence-electron chi connectivity index (χ4n) is 0.648. The van der Waals surface area contributed by atoms with Crippen molar-refractivity contribution in [3.05, 3.63) is 30.6 Å². The van der Waals surface area contributed by atoms with Gasteiger partial charge in [0.05, 0.1) is 11.9 Å². The first-order valence-corrected chi connectivity index (χ1v) is 2.91. The topological polar surface area (TPSA) is 50.9 Å². The Morgan fingerprint density at radius 2 is 2.40 bits per heavy atom. The minimum atomic E-state index is 0.789. The van der Waals surface area contributed by atoms with E-state index in [1.165, 1.54) is 0 Å². The third-order valence-corrected chi connectivity index (χ3v) is 1.16. The van der Waals surface area contributed by atoms with Crippen LogP contribution in [0.2, 0.25) is 0 Å². The first-order valence-electron chi connectivity index (χ1n) is 2.91. The van der Waals surface area contributed by atoms with Gasteiger partial charge in [-0.2, -0.15) is 0 Å². The van der Waals surface area contributed by atoms with Gasteiger partial charge in [-0.15, -0.1) is 0 Å². The molecule has 0 saturated heterocycles. The van der Waals surface area contributed by atoms with E-state index in [2.05, 4.69) is 17.0 Å². The summed E-state index contributed by atoms with van der Waals surface area (Å²) < 4.78 is 0. The van der Waals surface area contributed by atoms with Crippen LogP contribution in [0.4, 0.5) is 5.69 Å². The molecule has 0 bridgehead atoms. The van der Waals surface area contributed by atoms with Crippen LogP contribution in [-0.4, -0.2) is 4.98 Å². The molecule has 0 amide bonds. The zero-order chi connectivity index (χ0) is 7.40. The number of aromatic nitrogens is 1. The molecule has 0 aliphatic carbocycles. The highest BCUT2D eigenvalue weighted by Gasteiger charge is 1.88. The summed E-state index contributed by atoms with van der Waals surface area (Å²) in [6, 6.07) is 1.86. The molecule has 0 spiro atoms. The Labute approximate surface area is 59.6 Å². The van der Waals surface area contributed by atoms with E-state index in [1.807, 2.05) is 6.07 Å². The van der Waals surface area contributed by atoms with Gasteiger partial charge in [0.15, 0.2) is 0 Å². The zero-order valence-electron chi connectivity index (χ0n) is 5.54. The standard InChI is InChI=1S/C7H9N3/c1-2-6-3-7(10-8)5-9-4-6/h2-5,10H,1,8H2. The van der Waals surface area contributed by atoms with Gasteiger partial charge in [0, 0.05) is 6.20 Å². The Balaban J connectivity index is 2.98. The fraction of sp³-hybridized carbons (Fsp3) is 0. The van der Waals surface area contributed by atoms with Crippen molar-refractivity contribution in [2.45, 2.75) is 0 Å². The summed E-state index contributed by atoms with van der Waals surface area (Å²) in [6.07, 6.45) is 5.08. The van der Waals surface area contributed by atoms with Gasteiger partial charge in [0.1, 0.15) is 0 Å². The largest absolute Gasteiger partial charge is 0.323 e. The third kappa shape index (κ3) is 1.33. The van der Waals surface area contributed by atoms with E-state index in [0.29, 0.717) is 0 Å². The summed E-state index contributed by atoms with van der Waals surface area (Å²) in [5.41, 5.74) is 4.23. The van der Waals surface area contributed by atoms with Crippen molar-refractivity contribution in [1.29, 1.82) is 0 Å². The second-order valence-corrected chi connectivity index (χ2v) is 1.86. The Hall–Kier alpha value is -1.35. The van der Waals surface area contributed by atoms with E-state index in [1.54, 1.807) is 18.5 Å². The number of rotatable bonds is 2. The summed E-state index contributed by atoms with van der Waals surface area (Å²) in [6.45, 7) is 3.60. The normalized spacial score (nSPS) is 8.90. The van der Waals surface area contributed by atoms with Crippen LogP contribution in [0, 0.1) is 0 Å². The first kappa shape index (κ1) is 6.77. The molecule has 0 saturated carbocycles. The lowest BCUT2D eigenvalue weighted by molar-refractivity contribution is 1.26. The van der Waals surface area contributed by atoms with Gasteiger partial charge < -0.3 is 5.43 Å². The van der Waals surface area contributed by atoms with Gasteiger partial charge in [-0.25, -0.2) is 0 Å². The molecule has 1 aromatic heterocycles. The summed E-state index contributed by atoms with van der Waals surface area (Å²) >= 11 is 0. The molecule has 0 aliphatic heterocycles. The maximum atomic E-state index is 5.15. The minimum Gasteiger partial charge on any atom is -0.323 e. The monoisotopic (exact) mass is 135 g/mol. The molecule has 0 unspecified atom stereocenters. The van der Waals surface area contributed by atoms with Crippen molar-refractivity contribution in [2.75, 3.05) is 5.43 Å². The molecular weight excluding hydrogens is 126 g/mol. The van der Waals surface area contributed by atoms with Gasteiger partial charge in [-0.05, 0) is 11.6 Å². The number of pyridine rings is 1. The summed E-state index contributed by atoms with van der Waals surface area (Å²) in [5.74, 6) is 5.15. The van der Waals surface area contributed by atoms with Crippen LogP contribution in [0.3, 0.4) is 0 Å². The van der Waals surface area contributed by atoms with E-state index < -0.39 is 0 Å². The molecule has 1 aromatic rings. The lowest BCUT2D eigenvalue weighted by Crippen LogP contribution is -2.06. The van der Waals surface area contributed by atoms with Crippen LogP contribution in [0.1, 0.15) is 5.56 Å². The number of hydrazine groups is 1. The maximum absolute atomic E-state index is 5.15. The quantitative estimate of drug-likeness (QED) is 0.470. The van der Waals surface area contributed by atoms with Gasteiger partial charge in [-0.3, -0.25) is 10.8 Å². The lowest BCUT2D eigenvalue weighted by Gasteiger charge is -1.97. The average molecular weight is 135 g/mol. The predicted molar refractivity (Wildman–Crippen MR) is 42.1 cm³/mol. The van der Waals surface area contributed by atoms with E-state index in [4.69, 9.17) is 5.84 Å². The van der Waals surface area contributed by atoms with E-state index in [-0.39, 0.29) is 0 Å². The van der Waals surface area contributed by atoms with Gasteiger partial charge >= 0.3 is 0 Å². The van der Waals surface area contributed by atoms with Crippen LogP contribution < -0.4 is 11.3 Å². The summed E-state index contributed by atoms with van der Waals surface area (Å²) in [7, 11) is 0. The van der Waals surface area contributed by atoms with Crippen LogP contribution in [0.25, 0.3) is 6.08 Å². The highest BCUT2D eigenvalue weighted by Crippen LogP contribution is 2.06. The molecule has 0 aromatic carbocycles. The highest BCUT2D eigenvalue weighted by molar-refractivity contribution is 5.53. The van der Waals surface area contributed by atoms with E-state index in [9.17, 15) is 0 Å². The second-order valence-electron chi connectivity index (χ2n) is 1.86. The third-order valence-electron chi connectivity index (χ3n) is 1.16. The van der Waals surface area contributed by atoms with Crippen molar-refractivity contribution < 1.29 is 0 Å². The molecule has 3 N–H and O–H groups in total. The molecule has 0 aliphatic rings. The number of hydrogen-bond acceptors (Lipinski definition) is 3. The number of nitrogen functional groups attached to an aromatic ring is 1. The van der Waals surface area contributed by atoms with Crippen LogP contribution in [0.15, 0.2) is 25.0 Å². The molecule has 0 atom stereocenters. The molecule has 3 heteroatoms. The number of anilines is 1. The van der Waals surface area contributed by atoms with Crippen molar-refractivity contribution in [3.8, 4) is 0 Å². The Bertz CT molecular complexity index is 232. The number of nitrogens with one attached hydrogen (secondary N) is 1. The first-order chi connectivity index (χ1) is 4.86. The minimum absolute atomic E-state index is 0.789. The summed E-state index contributed by atoms with van der Waals surface area (Å²) in [5, 5.41) is 0. The van der Waals surface area contributed by atoms with Crippen LogP contribution >= 0.6 is 0 Å². The molecule has 52 valence electrons. The van der Waals surface area contributed by atoms with Gasteiger partial charge in [0.2, 0.25) is 0 Å². The molecule has 0 radical (unpaired) electrons. The SMILES string of the molecule is C=Cc1cncc(NN)c1. The molecule has 0 fully saturated rings. The number of nitrogens with zero attached hydrogens (tertiary/aromatic N) is 1. The molecule has 1 heterocycles. The molecule has 3 nitrogen and oxygen atoms in total. The fourth-order valence-corrected chi connectivity index (χ4v) is 0.648.